The minimum absolute atomic E-state index is 0.0923. The van der Waals surface area contributed by atoms with E-state index in [0.29, 0.717) is 19.0 Å². The van der Waals surface area contributed by atoms with Crippen LogP contribution in [0, 0.1) is 0 Å². The van der Waals surface area contributed by atoms with E-state index in [-0.39, 0.29) is 11.5 Å². The van der Waals surface area contributed by atoms with E-state index in [1.807, 2.05) is 4.68 Å². The van der Waals surface area contributed by atoms with Crippen LogP contribution in [0.25, 0.3) is 0 Å². The molecular formula is C11H17N3O2S. The number of rotatable bonds is 2. The first-order chi connectivity index (χ1) is 8.11. The molecule has 0 saturated heterocycles. The molecule has 0 bridgehead atoms. The Morgan fingerprint density at radius 2 is 2.18 bits per heavy atom. The highest BCUT2D eigenvalue weighted by Gasteiger charge is 2.31. The highest BCUT2D eigenvalue weighted by atomic mass is 32.2. The quantitative estimate of drug-likeness (QED) is 0.836. The average molecular weight is 255 g/mol. The molecule has 2 N–H and O–H groups in total. The Hall–Kier alpha value is -0.880. The number of nitrogens with two attached hydrogens (primary N) is 1. The van der Waals surface area contributed by atoms with Gasteiger partial charge in [0.15, 0.2) is 9.84 Å². The largest absolute Gasteiger partial charge is 0.325 e. The van der Waals surface area contributed by atoms with Crippen molar-refractivity contribution < 1.29 is 8.42 Å². The second kappa shape index (κ2) is 3.81. The average Bonchev–Trinajstić information content (AvgIpc) is 2.50. The van der Waals surface area contributed by atoms with Gasteiger partial charge in [0.2, 0.25) is 0 Å². The first-order valence-corrected chi connectivity index (χ1v) is 7.92. The number of aromatic nitrogens is 2. The van der Waals surface area contributed by atoms with Crippen molar-refractivity contribution in [2.45, 2.75) is 44.0 Å². The number of nitrogens with zero attached hydrogens (tertiary/aromatic N) is 2. The van der Waals surface area contributed by atoms with Gasteiger partial charge in [-0.05, 0) is 31.2 Å². The summed E-state index contributed by atoms with van der Waals surface area (Å²) < 4.78 is 25.2. The van der Waals surface area contributed by atoms with E-state index in [4.69, 9.17) is 5.73 Å². The first-order valence-electron chi connectivity index (χ1n) is 6.10. The SMILES string of the molecule is NCc1c2c(nn1C1CCC1)CS(=O)(=O)CC2. The van der Waals surface area contributed by atoms with Crippen LogP contribution in [0.4, 0.5) is 0 Å². The van der Waals surface area contributed by atoms with Crippen molar-refractivity contribution in [3.05, 3.63) is 17.0 Å². The van der Waals surface area contributed by atoms with Crippen LogP contribution in [0.15, 0.2) is 0 Å². The molecule has 0 spiro atoms. The minimum atomic E-state index is -2.94. The molecular weight excluding hydrogens is 238 g/mol. The van der Waals surface area contributed by atoms with Gasteiger partial charge in [-0.2, -0.15) is 5.10 Å². The maximum atomic E-state index is 11.6. The molecule has 1 aliphatic heterocycles. The summed E-state index contributed by atoms with van der Waals surface area (Å²) in [6.07, 6.45) is 4.09. The Morgan fingerprint density at radius 1 is 1.41 bits per heavy atom. The van der Waals surface area contributed by atoms with Crippen molar-refractivity contribution in [2.75, 3.05) is 5.75 Å². The maximum absolute atomic E-state index is 11.6. The van der Waals surface area contributed by atoms with E-state index >= 15 is 0 Å². The summed E-state index contributed by atoms with van der Waals surface area (Å²) in [7, 11) is -2.94. The lowest BCUT2D eigenvalue weighted by Gasteiger charge is -2.27. The lowest BCUT2D eigenvalue weighted by molar-refractivity contribution is 0.281. The summed E-state index contributed by atoms with van der Waals surface area (Å²) in [5, 5.41) is 4.50. The number of hydrogen-bond acceptors (Lipinski definition) is 4. The molecule has 1 aliphatic carbocycles. The minimum Gasteiger partial charge on any atom is -0.325 e. The molecule has 1 aromatic heterocycles. The Morgan fingerprint density at radius 3 is 2.76 bits per heavy atom. The molecule has 1 aromatic rings. The van der Waals surface area contributed by atoms with Gasteiger partial charge in [-0.15, -0.1) is 0 Å². The zero-order valence-electron chi connectivity index (χ0n) is 9.72. The smallest absolute Gasteiger partial charge is 0.156 e. The third kappa shape index (κ3) is 1.79. The summed E-state index contributed by atoms with van der Waals surface area (Å²) in [5.41, 5.74) is 8.68. The fourth-order valence-electron chi connectivity index (χ4n) is 2.65. The van der Waals surface area contributed by atoms with Crippen LogP contribution in [0.2, 0.25) is 0 Å². The molecule has 6 heteroatoms. The van der Waals surface area contributed by atoms with E-state index in [2.05, 4.69) is 5.10 Å². The molecule has 17 heavy (non-hydrogen) atoms. The lowest BCUT2D eigenvalue weighted by Crippen LogP contribution is -2.22. The molecule has 0 unspecified atom stereocenters. The van der Waals surface area contributed by atoms with Gasteiger partial charge in [0, 0.05) is 6.54 Å². The molecule has 2 heterocycles. The molecule has 0 radical (unpaired) electrons. The second-order valence-electron chi connectivity index (χ2n) is 4.95. The Balaban J connectivity index is 2.05. The number of sulfone groups is 1. The Labute approximate surface area is 101 Å². The molecule has 0 aromatic carbocycles. The fourth-order valence-corrected chi connectivity index (χ4v) is 3.96. The van der Waals surface area contributed by atoms with Crippen LogP contribution >= 0.6 is 0 Å². The van der Waals surface area contributed by atoms with Crippen molar-refractivity contribution in [1.29, 1.82) is 0 Å². The van der Waals surface area contributed by atoms with Crippen molar-refractivity contribution in [2.24, 2.45) is 5.73 Å². The molecule has 1 saturated carbocycles. The Bertz CT molecular complexity index is 543. The Kier molecular flexibility index (Phi) is 2.52. The van der Waals surface area contributed by atoms with Gasteiger partial charge >= 0.3 is 0 Å². The predicted octanol–water partition coefficient (Wildman–Crippen LogP) is 0.538. The third-order valence-corrected chi connectivity index (χ3v) is 5.37. The van der Waals surface area contributed by atoms with Crippen molar-refractivity contribution in [1.82, 2.24) is 9.78 Å². The van der Waals surface area contributed by atoms with Crippen molar-refractivity contribution in [3.63, 3.8) is 0 Å². The van der Waals surface area contributed by atoms with Gasteiger partial charge in [-0.3, -0.25) is 4.68 Å². The fraction of sp³-hybridized carbons (Fsp3) is 0.727. The van der Waals surface area contributed by atoms with Crippen molar-refractivity contribution in [3.8, 4) is 0 Å². The second-order valence-corrected chi connectivity index (χ2v) is 7.13. The van der Waals surface area contributed by atoms with Gasteiger partial charge in [0.25, 0.3) is 0 Å². The highest BCUT2D eigenvalue weighted by molar-refractivity contribution is 7.90. The van der Waals surface area contributed by atoms with E-state index in [9.17, 15) is 8.42 Å². The molecule has 1 fully saturated rings. The summed E-state index contributed by atoms with van der Waals surface area (Å²) in [6.45, 7) is 0.457. The van der Waals surface area contributed by atoms with Crippen LogP contribution in [0.3, 0.4) is 0 Å². The van der Waals surface area contributed by atoms with Gasteiger partial charge in [-0.1, -0.05) is 0 Å². The molecule has 3 rings (SSSR count). The predicted molar refractivity (Wildman–Crippen MR) is 64.2 cm³/mol. The van der Waals surface area contributed by atoms with E-state index in [1.54, 1.807) is 0 Å². The summed E-state index contributed by atoms with van der Waals surface area (Å²) in [4.78, 5) is 0. The highest BCUT2D eigenvalue weighted by Crippen LogP contribution is 2.34. The van der Waals surface area contributed by atoms with Crippen LogP contribution in [0.1, 0.15) is 42.3 Å². The van der Waals surface area contributed by atoms with Crippen LogP contribution in [-0.4, -0.2) is 24.0 Å². The molecule has 2 aliphatic rings. The molecule has 0 amide bonds. The zero-order chi connectivity index (χ0) is 12.0. The zero-order valence-corrected chi connectivity index (χ0v) is 10.5. The van der Waals surface area contributed by atoms with Crippen LogP contribution in [-0.2, 0) is 28.6 Å². The van der Waals surface area contributed by atoms with E-state index in [1.165, 1.54) is 6.42 Å². The standard InChI is InChI=1S/C11H17N3O2S/c12-6-11-9-4-5-17(15,16)7-10(9)13-14(11)8-2-1-3-8/h8H,1-7,12H2. The molecule has 0 atom stereocenters. The van der Waals surface area contributed by atoms with Gasteiger partial charge < -0.3 is 5.73 Å². The summed E-state index contributed by atoms with van der Waals surface area (Å²) in [6, 6.07) is 0.446. The lowest BCUT2D eigenvalue weighted by atomic mass is 9.93. The maximum Gasteiger partial charge on any atom is 0.156 e. The summed E-state index contributed by atoms with van der Waals surface area (Å²) >= 11 is 0. The number of hydrogen-bond donors (Lipinski definition) is 1. The normalized spacial score (nSPS) is 23.1. The molecule has 5 nitrogen and oxygen atoms in total. The van der Waals surface area contributed by atoms with Crippen LogP contribution < -0.4 is 5.73 Å². The van der Waals surface area contributed by atoms with E-state index < -0.39 is 9.84 Å². The van der Waals surface area contributed by atoms with Gasteiger partial charge in [0.1, 0.15) is 0 Å². The first kappa shape index (κ1) is 11.2. The third-order valence-electron chi connectivity index (χ3n) is 3.84. The van der Waals surface area contributed by atoms with Crippen LogP contribution in [0.5, 0.6) is 0 Å². The van der Waals surface area contributed by atoms with Gasteiger partial charge in [-0.25, -0.2) is 8.42 Å². The number of fused-ring (bicyclic) bond motifs is 1. The monoisotopic (exact) mass is 255 g/mol. The summed E-state index contributed by atoms with van der Waals surface area (Å²) in [5.74, 6) is 0.332. The topological polar surface area (TPSA) is 78.0 Å². The van der Waals surface area contributed by atoms with Crippen molar-refractivity contribution >= 4 is 9.84 Å². The van der Waals surface area contributed by atoms with Gasteiger partial charge in [0.05, 0.1) is 28.9 Å². The molecule has 94 valence electrons. The van der Waals surface area contributed by atoms with E-state index in [0.717, 1.165) is 29.8 Å².